The van der Waals surface area contributed by atoms with Gasteiger partial charge in [0.05, 0.1) is 0 Å². The first-order valence-electron chi connectivity index (χ1n) is 6.87. The minimum Gasteiger partial charge on any atom is -0.154 e. The highest BCUT2D eigenvalue weighted by Gasteiger charge is 1.98. The molecule has 23 heavy (non-hydrogen) atoms. The van der Waals surface area contributed by atoms with E-state index in [-0.39, 0.29) is 0 Å². The van der Waals surface area contributed by atoms with E-state index in [4.69, 9.17) is 46.4 Å². The molecule has 0 unspecified atom stereocenters. The second kappa shape index (κ2) is 9.66. The van der Waals surface area contributed by atoms with Gasteiger partial charge in [-0.15, -0.1) is 0 Å². The zero-order valence-electron chi connectivity index (χ0n) is 12.1. The largest absolute Gasteiger partial charge is 0.154 e. The van der Waals surface area contributed by atoms with Crippen LogP contribution in [0.2, 0.25) is 20.1 Å². The van der Waals surface area contributed by atoms with Crippen LogP contribution >= 0.6 is 58.2 Å². The van der Waals surface area contributed by atoms with Crippen LogP contribution in [-0.4, -0.2) is 11.5 Å². The Hall–Kier alpha value is -0.570. The molecular weight excluding hydrogens is 390 g/mol. The molecule has 0 aliphatic rings. The summed E-state index contributed by atoms with van der Waals surface area (Å²) >= 11 is 25.9. The molecular formula is C18H14Cl4S. The van der Waals surface area contributed by atoms with Gasteiger partial charge in [0.15, 0.2) is 0 Å². The van der Waals surface area contributed by atoms with Gasteiger partial charge in [-0.2, -0.15) is 11.8 Å². The third-order valence-electron chi connectivity index (χ3n) is 2.94. The van der Waals surface area contributed by atoms with Gasteiger partial charge in [0.2, 0.25) is 0 Å². The predicted molar refractivity (Wildman–Crippen MR) is 108 cm³/mol. The maximum Gasteiger partial charge on any atom is 0.0479 e. The molecule has 2 aromatic rings. The van der Waals surface area contributed by atoms with Crippen molar-refractivity contribution in [3.8, 4) is 0 Å². The Kier molecular flexibility index (Phi) is 7.88. The molecule has 0 aliphatic carbocycles. The SMILES string of the molecule is Clc1ccc(Cl)c(C=CCSCC=Cc2cc(Cl)ccc2Cl)c1. The number of halogens is 4. The summed E-state index contributed by atoms with van der Waals surface area (Å²) in [6.45, 7) is 0. The number of hydrogen-bond acceptors (Lipinski definition) is 1. The van der Waals surface area contributed by atoms with Crippen LogP contribution in [0.25, 0.3) is 12.2 Å². The highest BCUT2D eigenvalue weighted by Crippen LogP contribution is 2.23. The van der Waals surface area contributed by atoms with E-state index in [0.717, 1.165) is 22.6 Å². The Morgan fingerprint density at radius 3 is 1.57 bits per heavy atom. The fourth-order valence-corrected chi connectivity index (χ4v) is 3.16. The molecule has 0 nitrogen and oxygen atoms in total. The molecule has 0 saturated carbocycles. The van der Waals surface area contributed by atoms with Gasteiger partial charge < -0.3 is 0 Å². The van der Waals surface area contributed by atoms with Crippen LogP contribution in [-0.2, 0) is 0 Å². The molecule has 0 radical (unpaired) electrons. The number of hydrogen-bond donors (Lipinski definition) is 0. The zero-order valence-corrected chi connectivity index (χ0v) is 15.9. The van der Waals surface area contributed by atoms with Gasteiger partial charge in [0, 0.05) is 31.6 Å². The van der Waals surface area contributed by atoms with E-state index in [0.29, 0.717) is 20.1 Å². The Morgan fingerprint density at radius 1 is 0.696 bits per heavy atom. The van der Waals surface area contributed by atoms with Gasteiger partial charge in [-0.3, -0.25) is 0 Å². The van der Waals surface area contributed by atoms with E-state index in [9.17, 15) is 0 Å². The third kappa shape index (κ3) is 6.45. The maximum absolute atomic E-state index is 6.10. The lowest BCUT2D eigenvalue weighted by molar-refractivity contribution is 1.63. The molecule has 0 aromatic heterocycles. The van der Waals surface area contributed by atoms with Crippen LogP contribution in [0.15, 0.2) is 48.6 Å². The zero-order chi connectivity index (χ0) is 16.7. The molecule has 0 fully saturated rings. The molecule has 0 saturated heterocycles. The van der Waals surface area contributed by atoms with Crippen LogP contribution in [0.3, 0.4) is 0 Å². The van der Waals surface area contributed by atoms with Gasteiger partial charge in [-0.05, 0) is 47.5 Å². The number of benzene rings is 2. The lowest BCUT2D eigenvalue weighted by Gasteiger charge is -1.99. The van der Waals surface area contributed by atoms with E-state index < -0.39 is 0 Å². The first-order valence-corrected chi connectivity index (χ1v) is 9.54. The summed E-state index contributed by atoms with van der Waals surface area (Å²) in [4.78, 5) is 0. The molecule has 0 atom stereocenters. The molecule has 2 rings (SSSR count). The summed E-state index contributed by atoms with van der Waals surface area (Å²) in [5.41, 5.74) is 1.86. The van der Waals surface area contributed by atoms with Gasteiger partial charge in [0.25, 0.3) is 0 Å². The molecule has 120 valence electrons. The van der Waals surface area contributed by atoms with Crippen molar-refractivity contribution in [2.45, 2.75) is 0 Å². The Morgan fingerprint density at radius 2 is 1.13 bits per heavy atom. The summed E-state index contributed by atoms with van der Waals surface area (Å²) < 4.78 is 0. The Balaban J connectivity index is 1.79. The van der Waals surface area contributed by atoms with Crippen LogP contribution in [0.4, 0.5) is 0 Å². The predicted octanol–water partition coefficient (Wildman–Crippen LogP) is 7.76. The lowest BCUT2D eigenvalue weighted by Crippen LogP contribution is -1.79. The summed E-state index contributed by atoms with van der Waals surface area (Å²) in [5, 5.41) is 2.77. The average molecular weight is 404 g/mol. The number of thioether (sulfide) groups is 1. The summed E-state index contributed by atoms with van der Waals surface area (Å²) in [6.07, 6.45) is 8.11. The smallest absolute Gasteiger partial charge is 0.0479 e. The van der Waals surface area contributed by atoms with E-state index in [1.54, 1.807) is 36.0 Å². The summed E-state index contributed by atoms with van der Waals surface area (Å²) in [7, 11) is 0. The number of rotatable bonds is 6. The van der Waals surface area contributed by atoms with Crippen LogP contribution in [0.5, 0.6) is 0 Å². The third-order valence-corrected chi connectivity index (χ3v) is 4.95. The van der Waals surface area contributed by atoms with Crippen LogP contribution in [0, 0.1) is 0 Å². The monoisotopic (exact) mass is 402 g/mol. The van der Waals surface area contributed by atoms with Gasteiger partial charge in [-0.25, -0.2) is 0 Å². The Bertz CT molecular complexity index is 661. The van der Waals surface area contributed by atoms with E-state index in [1.807, 2.05) is 24.3 Å². The highest BCUT2D eigenvalue weighted by atomic mass is 35.5. The normalized spacial score (nSPS) is 11.7. The summed E-state index contributed by atoms with van der Waals surface area (Å²) in [6, 6.07) is 10.9. The fraction of sp³-hybridized carbons (Fsp3) is 0.111. The van der Waals surface area contributed by atoms with Crippen molar-refractivity contribution < 1.29 is 0 Å². The first-order chi connectivity index (χ1) is 11.1. The quantitative estimate of drug-likeness (QED) is 0.444. The van der Waals surface area contributed by atoms with Crippen LogP contribution < -0.4 is 0 Å². The van der Waals surface area contributed by atoms with E-state index in [1.165, 1.54) is 0 Å². The topological polar surface area (TPSA) is 0 Å². The second-order valence-electron chi connectivity index (χ2n) is 4.67. The average Bonchev–Trinajstić information content (AvgIpc) is 2.52. The lowest BCUT2D eigenvalue weighted by atomic mass is 10.2. The first kappa shape index (κ1) is 18.8. The second-order valence-corrected chi connectivity index (χ2v) is 7.44. The Labute approximate surface area is 161 Å². The molecule has 0 bridgehead atoms. The van der Waals surface area contributed by atoms with Crippen molar-refractivity contribution in [2.24, 2.45) is 0 Å². The van der Waals surface area contributed by atoms with Crippen molar-refractivity contribution in [2.75, 3.05) is 11.5 Å². The van der Waals surface area contributed by atoms with Crippen LogP contribution in [0.1, 0.15) is 11.1 Å². The fourth-order valence-electron chi connectivity index (χ4n) is 1.84. The van der Waals surface area contributed by atoms with E-state index in [2.05, 4.69) is 12.2 Å². The molecule has 0 aliphatic heterocycles. The van der Waals surface area contributed by atoms with Gasteiger partial charge in [0.1, 0.15) is 0 Å². The van der Waals surface area contributed by atoms with Crippen molar-refractivity contribution in [1.82, 2.24) is 0 Å². The van der Waals surface area contributed by atoms with Crippen molar-refractivity contribution in [3.63, 3.8) is 0 Å². The molecule has 2 aromatic carbocycles. The minimum atomic E-state index is 0.683. The molecule has 5 heteroatoms. The highest BCUT2D eigenvalue weighted by molar-refractivity contribution is 7.99. The van der Waals surface area contributed by atoms with Crippen molar-refractivity contribution in [1.29, 1.82) is 0 Å². The van der Waals surface area contributed by atoms with Gasteiger partial charge >= 0.3 is 0 Å². The van der Waals surface area contributed by atoms with E-state index >= 15 is 0 Å². The molecule has 0 amide bonds. The van der Waals surface area contributed by atoms with Crippen molar-refractivity contribution in [3.05, 3.63) is 79.8 Å². The van der Waals surface area contributed by atoms with Gasteiger partial charge in [-0.1, -0.05) is 70.7 Å². The molecule has 0 N–H and O–H groups in total. The summed E-state index contributed by atoms with van der Waals surface area (Å²) in [5.74, 6) is 1.77. The molecule has 0 spiro atoms. The standard InChI is InChI=1S/C18H14Cl4S/c19-15-5-7-17(21)13(11-15)3-1-9-23-10-2-4-14-12-16(20)6-8-18(14)22/h1-8,11-12H,9-10H2. The van der Waals surface area contributed by atoms with Crippen molar-refractivity contribution >= 4 is 70.3 Å². The molecule has 0 heterocycles. The maximum atomic E-state index is 6.10. The minimum absolute atomic E-state index is 0.683.